The molecule has 0 saturated heterocycles. The second kappa shape index (κ2) is 5.87. The second-order valence-corrected chi connectivity index (χ2v) is 6.47. The highest BCUT2D eigenvalue weighted by molar-refractivity contribution is 8.01. The molecule has 2 nitrogen and oxygen atoms in total. The van der Waals surface area contributed by atoms with Gasteiger partial charge in [-0.2, -0.15) is 0 Å². The molecule has 0 aliphatic heterocycles. The molecular formula is C11H20N2S2. The molecule has 0 radical (unpaired) electrons. The maximum atomic E-state index is 4.42. The molecule has 0 unspecified atom stereocenters. The van der Waals surface area contributed by atoms with Crippen molar-refractivity contribution in [1.82, 2.24) is 10.3 Å². The largest absolute Gasteiger partial charge is 0.311 e. The highest BCUT2D eigenvalue weighted by Gasteiger charge is 2.12. The fraction of sp³-hybridized carbons (Fsp3) is 0.727. The zero-order valence-electron chi connectivity index (χ0n) is 9.96. The Balaban J connectivity index is 2.17. The van der Waals surface area contributed by atoms with Gasteiger partial charge in [-0.05, 0) is 27.2 Å². The lowest BCUT2D eigenvalue weighted by Crippen LogP contribution is -2.39. The average molecular weight is 244 g/mol. The number of hydrogen-bond donors (Lipinski definition) is 1. The number of nitrogens with zero attached hydrogens (tertiary/aromatic N) is 1. The number of nitrogens with one attached hydrogen (secondary N) is 1. The lowest BCUT2D eigenvalue weighted by atomic mass is 10.0. The van der Waals surface area contributed by atoms with E-state index in [4.69, 9.17) is 0 Å². The van der Waals surface area contributed by atoms with E-state index in [0.717, 1.165) is 24.4 Å². The predicted molar refractivity (Wildman–Crippen MR) is 69.9 cm³/mol. The molecule has 0 aromatic carbocycles. The Hall–Kier alpha value is -0.0600. The van der Waals surface area contributed by atoms with Crippen LogP contribution >= 0.6 is 23.1 Å². The van der Waals surface area contributed by atoms with Gasteiger partial charge in [0.25, 0.3) is 0 Å². The van der Waals surface area contributed by atoms with Crippen molar-refractivity contribution in [3.8, 4) is 0 Å². The Labute approximate surface area is 101 Å². The normalized spacial score (nSPS) is 12.0. The fourth-order valence-electron chi connectivity index (χ4n) is 1.05. The van der Waals surface area contributed by atoms with Crippen molar-refractivity contribution in [2.75, 3.05) is 12.3 Å². The molecule has 1 heterocycles. The van der Waals surface area contributed by atoms with E-state index >= 15 is 0 Å². The van der Waals surface area contributed by atoms with Crippen LogP contribution in [0.15, 0.2) is 9.72 Å². The van der Waals surface area contributed by atoms with E-state index in [2.05, 4.69) is 36.5 Å². The van der Waals surface area contributed by atoms with Crippen LogP contribution in [-0.2, 0) is 0 Å². The summed E-state index contributed by atoms with van der Waals surface area (Å²) < 4.78 is 1.18. The molecule has 0 aliphatic rings. The highest BCUT2D eigenvalue weighted by Crippen LogP contribution is 2.21. The number of hydrogen-bond acceptors (Lipinski definition) is 4. The van der Waals surface area contributed by atoms with Gasteiger partial charge >= 0.3 is 0 Å². The Morgan fingerprint density at radius 3 is 2.80 bits per heavy atom. The van der Waals surface area contributed by atoms with E-state index < -0.39 is 0 Å². The quantitative estimate of drug-likeness (QED) is 0.614. The van der Waals surface area contributed by atoms with Gasteiger partial charge in [-0.1, -0.05) is 18.7 Å². The molecule has 0 amide bonds. The zero-order chi connectivity index (χ0) is 11.3. The maximum absolute atomic E-state index is 4.42. The van der Waals surface area contributed by atoms with Crippen LogP contribution in [0.3, 0.4) is 0 Å². The van der Waals surface area contributed by atoms with Crippen LogP contribution in [0.1, 0.15) is 32.9 Å². The Morgan fingerprint density at radius 1 is 1.53 bits per heavy atom. The van der Waals surface area contributed by atoms with Crippen molar-refractivity contribution in [3.05, 3.63) is 11.1 Å². The molecule has 0 spiro atoms. The summed E-state index contributed by atoms with van der Waals surface area (Å²) in [6.07, 6.45) is 1.16. The van der Waals surface area contributed by atoms with Crippen molar-refractivity contribution in [2.24, 2.45) is 0 Å². The number of rotatable bonds is 6. The summed E-state index contributed by atoms with van der Waals surface area (Å²) in [4.78, 5) is 4.42. The SMILES string of the molecule is CCC(C)(C)NCCSc1nc(C)cs1. The Bertz CT molecular complexity index is 295. The molecule has 0 atom stereocenters. The summed E-state index contributed by atoms with van der Waals surface area (Å²) in [6, 6.07) is 0. The zero-order valence-corrected chi connectivity index (χ0v) is 11.6. The summed E-state index contributed by atoms with van der Waals surface area (Å²) in [5.74, 6) is 1.09. The molecule has 15 heavy (non-hydrogen) atoms. The van der Waals surface area contributed by atoms with Crippen LogP contribution in [0.25, 0.3) is 0 Å². The minimum Gasteiger partial charge on any atom is -0.311 e. The standard InChI is InChI=1S/C11H20N2S2/c1-5-11(3,4)12-6-7-14-10-13-9(2)8-15-10/h8,12H,5-7H2,1-4H3. The summed E-state index contributed by atoms with van der Waals surface area (Å²) in [6.45, 7) is 9.78. The molecule has 1 aromatic rings. The van der Waals surface area contributed by atoms with Crippen molar-refractivity contribution in [2.45, 2.75) is 44.0 Å². The maximum Gasteiger partial charge on any atom is 0.150 e. The second-order valence-electron chi connectivity index (χ2n) is 4.27. The van der Waals surface area contributed by atoms with E-state index in [9.17, 15) is 0 Å². The van der Waals surface area contributed by atoms with Gasteiger partial charge in [-0.15, -0.1) is 11.3 Å². The lowest BCUT2D eigenvalue weighted by Gasteiger charge is -2.24. The lowest BCUT2D eigenvalue weighted by molar-refractivity contribution is 0.388. The highest BCUT2D eigenvalue weighted by atomic mass is 32.2. The van der Waals surface area contributed by atoms with E-state index in [1.54, 1.807) is 11.3 Å². The van der Waals surface area contributed by atoms with E-state index in [0.29, 0.717) is 0 Å². The van der Waals surface area contributed by atoms with Crippen molar-refractivity contribution in [1.29, 1.82) is 0 Å². The van der Waals surface area contributed by atoms with Gasteiger partial charge in [-0.25, -0.2) is 4.98 Å². The first kappa shape index (κ1) is 13.0. The number of thioether (sulfide) groups is 1. The first-order valence-electron chi connectivity index (χ1n) is 5.33. The minimum absolute atomic E-state index is 0.263. The van der Waals surface area contributed by atoms with Crippen LogP contribution in [0.2, 0.25) is 0 Å². The molecule has 1 aromatic heterocycles. The molecule has 0 aliphatic carbocycles. The Kier molecular flexibility index (Phi) is 5.09. The fourth-order valence-corrected chi connectivity index (χ4v) is 2.83. The van der Waals surface area contributed by atoms with Crippen LogP contribution in [-0.4, -0.2) is 22.8 Å². The van der Waals surface area contributed by atoms with Crippen LogP contribution in [0.4, 0.5) is 0 Å². The third-order valence-corrected chi connectivity index (χ3v) is 4.55. The van der Waals surface area contributed by atoms with Crippen LogP contribution in [0, 0.1) is 6.92 Å². The average Bonchev–Trinajstić information content (AvgIpc) is 2.59. The van der Waals surface area contributed by atoms with Crippen molar-refractivity contribution >= 4 is 23.1 Å². The van der Waals surface area contributed by atoms with Gasteiger partial charge in [0.15, 0.2) is 0 Å². The monoisotopic (exact) mass is 244 g/mol. The number of aromatic nitrogens is 1. The molecule has 4 heteroatoms. The third-order valence-electron chi connectivity index (χ3n) is 2.41. The molecule has 0 saturated carbocycles. The van der Waals surface area contributed by atoms with Gasteiger partial charge in [0, 0.05) is 28.9 Å². The van der Waals surface area contributed by atoms with Gasteiger partial charge in [0.05, 0.1) is 0 Å². The van der Waals surface area contributed by atoms with Crippen LogP contribution in [0.5, 0.6) is 0 Å². The van der Waals surface area contributed by atoms with Gasteiger partial charge in [-0.3, -0.25) is 0 Å². The summed E-state index contributed by atoms with van der Waals surface area (Å²) in [5.41, 5.74) is 1.39. The number of aryl methyl sites for hydroxylation is 1. The van der Waals surface area contributed by atoms with Gasteiger partial charge < -0.3 is 5.32 Å². The first-order valence-corrected chi connectivity index (χ1v) is 7.20. The molecule has 0 fully saturated rings. The molecule has 86 valence electrons. The Morgan fingerprint density at radius 2 is 2.27 bits per heavy atom. The molecular weight excluding hydrogens is 224 g/mol. The van der Waals surface area contributed by atoms with Gasteiger partial charge in [0.1, 0.15) is 4.34 Å². The predicted octanol–water partition coefficient (Wildman–Crippen LogP) is 3.32. The van der Waals surface area contributed by atoms with E-state index in [1.165, 1.54) is 4.34 Å². The molecule has 1 rings (SSSR count). The first-order chi connectivity index (χ1) is 7.03. The molecule has 1 N–H and O–H groups in total. The third kappa shape index (κ3) is 5.00. The van der Waals surface area contributed by atoms with E-state index in [1.807, 2.05) is 18.7 Å². The van der Waals surface area contributed by atoms with E-state index in [-0.39, 0.29) is 5.54 Å². The smallest absolute Gasteiger partial charge is 0.150 e. The summed E-state index contributed by atoms with van der Waals surface area (Å²) in [7, 11) is 0. The van der Waals surface area contributed by atoms with Crippen LogP contribution < -0.4 is 5.32 Å². The topological polar surface area (TPSA) is 24.9 Å². The summed E-state index contributed by atoms with van der Waals surface area (Å²) >= 11 is 3.57. The van der Waals surface area contributed by atoms with Crippen molar-refractivity contribution in [3.63, 3.8) is 0 Å². The van der Waals surface area contributed by atoms with Crippen molar-refractivity contribution < 1.29 is 0 Å². The van der Waals surface area contributed by atoms with Gasteiger partial charge in [0.2, 0.25) is 0 Å². The molecule has 0 bridgehead atoms. The minimum atomic E-state index is 0.263. The summed E-state index contributed by atoms with van der Waals surface area (Å²) in [5, 5.41) is 5.64. The number of thiazole rings is 1.